The molecule has 0 amide bonds. The van der Waals surface area contributed by atoms with Crippen LogP contribution in [0.5, 0.6) is 5.75 Å². The van der Waals surface area contributed by atoms with Gasteiger partial charge in [-0.25, -0.2) is 4.79 Å². The predicted molar refractivity (Wildman–Crippen MR) is 117 cm³/mol. The van der Waals surface area contributed by atoms with Crippen LogP contribution in [-0.4, -0.2) is 13.1 Å². The Morgan fingerprint density at radius 2 is 1.97 bits per heavy atom. The maximum atomic E-state index is 13.0. The van der Waals surface area contributed by atoms with E-state index in [9.17, 15) is 4.79 Å². The molecule has 3 heteroatoms. The summed E-state index contributed by atoms with van der Waals surface area (Å²) in [5.74, 6) is 2.61. The standard InChI is InChI=1S/C27H30O3/c1-27-15-14-22-21-11-9-20(29-2)16-19(21)8-10-23(22)24(27)12-13-25(27)26(28)30-17-18-6-4-3-5-7-18/h3-7,9,11,13,16,22-24H,8,10,12,14-15,17H2,1-2H3/t22-,23-,24+,27-/m1/s1. The van der Waals surface area contributed by atoms with Gasteiger partial charge in [-0.2, -0.15) is 0 Å². The zero-order valence-corrected chi connectivity index (χ0v) is 17.9. The highest BCUT2D eigenvalue weighted by Gasteiger charge is 2.53. The van der Waals surface area contributed by atoms with Crippen molar-refractivity contribution in [3.05, 3.63) is 76.9 Å². The van der Waals surface area contributed by atoms with Crippen molar-refractivity contribution < 1.29 is 14.3 Å². The van der Waals surface area contributed by atoms with Gasteiger partial charge in [0.05, 0.1) is 7.11 Å². The number of hydrogen-bond acceptors (Lipinski definition) is 3. The maximum absolute atomic E-state index is 13.0. The van der Waals surface area contributed by atoms with E-state index >= 15 is 0 Å². The topological polar surface area (TPSA) is 35.5 Å². The molecule has 3 aliphatic carbocycles. The van der Waals surface area contributed by atoms with Gasteiger partial charge in [0.1, 0.15) is 12.4 Å². The second-order valence-corrected chi connectivity index (χ2v) is 9.35. The number of carbonyl (C=O) groups is 1. The molecule has 2 aromatic carbocycles. The second kappa shape index (κ2) is 7.61. The van der Waals surface area contributed by atoms with Crippen LogP contribution in [0.25, 0.3) is 0 Å². The minimum Gasteiger partial charge on any atom is -0.497 e. The number of allylic oxidation sites excluding steroid dienone is 1. The molecule has 3 aliphatic rings. The highest BCUT2D eigenvalue weighted by molar-refractivity contribution is 5.90. The molecule has 0 saturated heterocycles. The quantitative estimate of drug-likeness (QED) is 0.604. The lowest BCUT2D eigenvalue weighted by molar-refractivity contribution is -0.142. The van der Waals surface area contributed by atoms with Crippen LogP contribution in [0.1, 0.15) is 55.2 Å². The highest BCUT2D eigenvalue weighted by Crippen LogP contribution is 2.61. The van der Waals surface area contributed by atoms with Crippen molar-refractivity contribution in [2.45, 2.75) is 51.6 Å². The molecule has 30 heavy (non-hydrogen) atoms. The third-order valence-corrected chi connectivity index (χ3v) is 7.95. The Labute approximate surface area is 179 Å². The fourth-order valence-electron chi connectivity index (χ4n) is 6.37. The first-order valence-electron chi connectivity index (χ1n) is 11.2. The molecule has 1 fully saturated rings. The molecule has 0 radical (unpaired) electrons. The van der Waals surface area contributed by atoms with Crippen LogP contribution >= 0.6 is 0 Å². The summed E-state index contributed by atoms with van der Waals surface area (Å²) >= 11 is 0. The second-order valence-electron chi connectivity index (χ2n) is 9.35. The molecule has 0 spiro atoms. The summed E-state index contributed by atoms with van der Waals surface area (Å²) in [4.78, 5) is 13.0. The maximum Gasteiger partial charge on any atom is 0.334 e. The molecule has 4 atom stereocenters. The van der Waals surface area contributed by atoms with Crippen LogP contribution in [0.2, 0.25) is 0 Å². The number of esters is 1. The monoisotopic (exact) mass is 402 g/mol. The van der Waals surface area contributed by atoms with Gasteiger partial charge in [0.15, 0.2) is 0 Å². The molecule has 156 valence electrons. The Kier molecular flexibility index (Phi) is 4.92. The summed E-state index contributed by atoms with van der Waals surface area (Å²) in [6.45, 7) is 2.65. The van der Waals surface area contributed by atoms with Crippen molar-refractivity contribution in [1.29, 1.82) is 0 Å². The van der Waals surface area contributed by atoms with Gasteiger partial charge < -0.3 is 9.47 Å². The van der Waals surface area contributed by atoms with Crippen LogP contribution in [0.3, 0.4) is 0 Å². The molecule has 0 aliphatic heterocycles. The van der Waals surface area contributed by atoms with Gasteiger partial charge in [-0.15, -0.1) is 0 Å². The first kappa shape index (κ1) is 19.4. The van der Waals surface area contributed by atoms with Crippen LogP contribution in [0, 0.1) is 17.3 Å². The van der Waals surface area contributed by atoms with Crippen LogP contribution < -0.4 is 4.74 Å². The molecule has 3 nitrogen and oxygen atoms in total. The van der Waals surface area contributed by atoms with Crippen molar-refractivity contribution in [2.75, 3.05) is 7.11 Å². The van der Waals surface area contributed by atoms with Crippen molar-refractivity contribution in [2.24, 2.45) is 17.3 Å². The number of fused-ring (bicyclic) bond motifs is 5. The van der Waals surface area contributed by atoms with Gasteiger partial charge in [0, 0.05) is 11.0 Å². The molecular formula is C27H30O3. The third-order valence-electron chi connectivity index (χ3n) is 7.95. The minimum atomic E-state index is -0.122. The Morgan fingerprint density at radius 1 is 1.13 bits per heavy atom. The zero-order chi connectivity index (χ0) is 20.7. The van der Waals surface area contributed by atoms with E-state index in [1.54, 1.807) is 7.11 Å². The van der Waals surface area contributed by atoms with E-state index in [1.165, 1.54) is 17.5 Å². The molecule has 0 unspecified atom stereocenters. The smallest absolute Gasteiger partial charge is 0.334 e. The normalized spacial score (nSPS) is 29.3. The first-order chi connectivity index (χ1) is 14.6. The molecule has 1 saturated carbocycles. The van der Waals surface area contributed by atoms with E-state index in [0.29, 0.717) is 24.4 Å². The molecule has 0 aromatic heterocycles. The number of hydrogen-bond donors (Lipinski definition) is 0. The zero-order valence-electron chi connectivity index (χ0n) is 17.9. The summed E-state index contributed by atoms with van der Waals surface area (Å²) in [5.41, 5.74) is 4.86. The van der Waals surface area contributed by atoms with Crippen LogP contribution in [0.15, 0.2) is 60.2 Å². The van der Waals surface area contributed by atoms with E-state index in [2.05, 4.69) is 31.2 Å². The van der Waals surface area contributed by atoms with Crippen molar-refractivity contribution in [1.82, 2.24) is 0 Å². The summed E-state index contributed by atoms with van der Waals surface area (Å²) in [6, 6.07) is 16.5. The van der Waals surface area contributed by atoms with Crippen molar-refractivity contribution in [3.63, 3.8) is 0 Å². The Bertz CT molecular complexity index is 977. The molecule has 0 N–H and O–H groups in total. The fraction of sp³-hybridized carbons (Fsp3) is 0.444. The van der Waals surface area contributed by atoms with Gasteiger partial charge in [0.25, 0.3) is 0 Å². The summed E-state index contributed by atoms with van der Waals surface area (Å²) in [7, 11) is 1.74. The third kappa shape index (κ3) is 3.15. The number of methoxy groups -OCH3 is 1. The van der Waals surface area contributed by atoms with Crippen LogP contribution in [-0.2, 0) is 22.6 Å². The average molecular weight is 403 g/mol. The lowest BCUT2D eigenvalue weighted by atomic mass is 9.54. The molecule has 0 bridgehead atoms. The Morgan fingerprint density at radius 3 is 2.77 bits per heavy atom. The lowest BCUT2D eigenvalue weighted by Crippen LogP contribution is -2.42. The molecule has 5 rings (SSSR count). The number of carbonyl (C=O) groups excluding carboxylic acids is 1. The number of ether oxygens (including phenoxy) is 2. The summed E-state index contributed by atoms with van der Waals surface area (Å²) in [6.07, 6.45) is 7.68. The summed E-state index contributed by atoms with van der Waals surface area (Å²) < 4.78 is 11.2. The lowest BCUT2D eigenvalue weighted by Gasteiger charge is -2.50. The minimum absolute atomic E-state index is 0.0566. The molecular weight excluding hydrogens is 372 g/mol. The SMILES string of the molecule is COc1ccc2c(c1)CC[C@@H]1[C@@H]2CC[C@@]2(C)C(C(=O)OCc3ccccc3)=CC[C@@H]12. The van der Waals surface area contributed by atoms with E-state index in [1.807, 2.05) is 30.3 Å². The van der Waals surface area contributed by atoms with E-state index < -0.39 is 0 Å². The average Bonchev–Trinajstić information content (AvgIpc) is 3.15. The van der Waals surface area contributed by atoms with E-state index in [0.717, 1.165) is 42.6 Å². The number of benzene rings is 2. The summed E-state index contributed by atoms with van der Waals surface area (Å²) in [5, 5.41) is 0. The largest absolute Gasteiger partial charge is 0.497 e. The molecule has 2 aromatic rings. The van der Waals surface area contributed by atoms with E-state index in [4.69, 9.17) is 9.47 Å². The van der Waals surface area contributed by atoms with Crippen LogP contribution in [0.4, 0.5) is 0 Å². The molecule has 0 heterocycles. The van der Waals surface area contributed by atoms with Crippen molar-refractivity contribution >= 4 is 5.97 Å². The van der Waals surface area contributed by atoms with Gasteiger partial charge >= 0.3 is 5.97 Å². The van der Waals surface area contributed by atoms with Gasteiger partial charge in [0.2, 0.25) is 0 Å². The van der Waals surface area contributed by atoms with E-state index in [-0.39, 0.29) is 11.4 Å². The van der Waals surface area contributed by atoms with Gasteiger partial charge in [-0.1, -0.05) is 49.4 Å². The number of rotatable bonds is 4. The first-order valence-corrected chi connectivity index (χ1v) is 11.2. The predicted octanol–water partition coefficient (Wildman–Crippen LogP) is 5.83. The van der Waals surface area contributed by atoms with Gasteiger partial charge in [-0.3, -0.25) is 0 Å². The Balaban J connectivity index is 1.32. The highest BCUT2D eigenvalue weighted by atomic mass is 16.5. The van der Waals surface area contributed by atoms with Crippen molar-refractivity contribution in [3.8, 4) is 5.75 Å². The Hall–Kier alpha value is -2.55. The van der Waals surface area contributed by atoms with Gasteiger partial charge in [-0.05, 0) is 78.7 Å². The number of aryl methyl sites for hydroxylation is 1. The fourth-order valence-corrected chi connectivity index (χ4v) is 6.37.